The lowest BCUT2D eigenvalue weighted by molar-refractivity contribution is 0.627. The van der Waals surface area contributed by atoms with E-state index in [2.05, 4.69) is 26.2 Å². The summed E-state index contributed by atoms with van der Waals surface area (Å²) in [4.78, 5) is 3.86. The maximum Gasteiger partial charge on any atom is 0.152 e. The molecule has 2 rings (SSSR count). The second kappa shape index (κ2) is 2.30. The number of halogens is 2. The third-order valence-corrected chi connectivity index (χ3v) is 1.85. The molecular formula is C7H3BrFN2. The molecule has 55 valence electrons. The Balaban J connectivity index is 2.66. The first kappa shape index (κ1) is 6.79. The Bertz CT molecular complexity index is 335. The van der Waals surface area contributed by atoms with Gasteiger partial charge in [-0.3, -0.25) is 0 Å². The highest BCUT2D eigenvalue weighted by atomic mass is 79.9. The number of hydrogen-bond donors (Lipinski definition) is 0. The van der Waals surface area contributed by atoms with Gasteiger partial charge in [-0.05, 0) is 12.1 Å². The van der Waals surface area contributed by atoms with Gasteiger partial charge in [-0.1, -0.05) is 15.9 Å². The zero-order valence-electron chi connectivity index (χ0n) is 5.38. The molecule has 0 spiro atoms. The van der Waals surface area contributed by atoms with Crippen LogP contribution in [0.2, 0.25) is 0 Å². The van der Waals surface area contributed by atoms with E-state index in [1.54, 1.807) is 6.07 Å². The molecule has 0 unspecified atom stereocenters. The zero-order chi connectivity index (χ0) is 7.84. The first-order valence-corrected chi connectivity index (χ1v) is 3.79. The number of aliphatic imine (C=N–C) groups is 1. The molecule has 1 heterocycles. The molecule has 1 radical (unpaired) electrons. The first-order valence-electron chi connectivity index (χ1n) is 3.00. The van der Waals surface area contributed by atoms with E-state index in [9.17, 15) is 4.39 Å². The third-order valence-electron chi connectivity index (χ3n) is 1.39. The van der Waals surface area contributed by atoms with Crippen LogP contribution in [0.25, 0.3) is 0 Å². The molecular weight excluding hydrogens is 211 g/mol. The summed E-state index contributed by atoms with van der Waals surface area (Å²) in [5.74, 6) is -0.341. The van der Waals surface area contributed by atoms with Gasteiger partial charge in [0.2, 0.25) is 0 Å². The minimum Gasteiger partial charge on any atom is -0.235 e. The molecule has 0 bridgehead atoms. The fraction of sp³-hybridized carbons (Fsp3) is 0. The average Bonchev–Trinajstić information content (AvgIpc) is 2.34. The van der Waals surface area contributed by atoms with Gasteiger partial charge >= 0.3 is 0 Å². The molecule has 0 amide bonds. The van der Waals surface area contributed by atoms with E-state index in [0.717, 1.165) is 0 Å². The van der Waals surface area contributed by atoms with E-state index in [-0.39, 0.29) is 5.82 Å². The SMILES string of the molecule is Fc1cc(Br)cc2c1[N]C=N2. The van der Waals surface area contributed by atoms with Crippen molar-refractivity contribution >= 4 is 33.6 Å². The van der Waals surface area contributed by atoms with E-state index in [1.807, 2.05) is 0 Å². The zero-order valence-corrected chi connectivity index (χ0v) is 6.97. The standard InChI is InChI=1S/C7H3BrFN2/c8-4-1-5(9)7-6(2-4)10-3-11-7/h1-3H. The fourth-order valence-corrected chi connectivity index (χ4v) is 1.35. The number of hydrogen-bond acceptors (Lipinski definition) is 1. The van der Waals surface area contributed by atoms with Gasteiger partial charge in [-0.25, -0.2) is 14.7 Å². The quantitative estimate of drug-likeness (QED) is 0.634. The molecule has 0 saturated heterocycles. The van der Waals surface area contributed by atoms with Crippen LogP contribution in [0.3, 0.4) is 0 Å². The number of rotatable bonds is 0. The normalized spacial score (nSPS) is 12.9. The molecule has 0 aliphatic carbocycles. The lowest BCUT2D eigenvalue weighted by Gasteiger charge is -1.97. The summed E-state index contributed by atoms with van der Waals surface area (Å²) >= 11 is 3.16. The van der Waals surface area contributed by atoms with Crippen molar-refractivity contribution in [1.29, 1.82) is 0 Å². The minimum absolute atomic E-state index is 0.327. The van der Waals surface area contributed by atoms with Crippen molar-refractivity contribution in [1.82, 2.24) is 5.32 Å². The number of benzene rings is 1. The Hall–Kier alpha value is -0.900. The average molecular weight is 214 g/mol. The van der Waals surface area contributed by atoms with Gasteiger partial charge in [-0.2, -0.15) is 0 Å². The van der Waals surface area contributed by atoms with Gasteiger partial charge in [0.15, 0.2) is 5.82 Å². The summed E-state index contributed by atoms with van der Waals surface area (Å²) in [6.45, 7) is 0. The Kier molecular flexibility index (Phi) is 1.42. The van der Waals surface area contributed by atoms with E-state index in [0.29, 0.717) is 15.8 Å². The molecule has 0 N–H and O–H groups in total. The lowest BCUT2D eigenvalue weighted by Crippen LogP contribution is -1.89. The van der Waals surface area contributed by atoms with Gasteiger partial charge in [-0.15, -0.1) is 0 Å². The van der Waals surface area contributed by atoms with Gasteiger partial charge in [0, 0.05) is 4.47 Å². The fourth-order valence-electron chi connectivity index (χ4n) is 0.927. The van der Waals surface area contributed by atoms with Crippen LogP contribution < -0.4 is 5.32 Å². The predicted molar refractivity (Wildman–Crippen MR) is 44.0 cm³/mol. The van der Waals surface area contributed by atoms with Crippen LogP contribution in [0, 0.1) is 5.82 Å². The second-order valence-corrected chi connectivity index (χ2v) is 3.04. The summed E-state index contributed by atoms with van der Waals surface area (Å²) in [5.41, 5.74) is 0.907. The topological polar surface area (TPSA) is 26.5 Å². The Morgan fingerprint density at radius 2 is 2.18 bits per heavy atom. The molecule has 4 heteroatoms. The van der Waals surface area contributed by atoms with Crippen LogP contribution >= 0.6 is 15.9 Å². The van der Waals surface area contributed by atoms with Crippen LogP contribution in [0.1, 0.15) is 0 Å². The summed E-state index contributed by atoms with van der Waals surface area (Å²) in [7, 11) is 0. The van der Waals surface area contributed by atoms with Crippen molar-refractivity contribution in [2.75, 3.05) is 0 Å². The second-order valence-electron chi connectivity index (χ2n) is 2.13. The van der Waals surface area contributed by atoms with Gasteiger partial charge < -0.3 is 0 Å². The van der Waals surface area contributed by atoms with Crippen molar-refractivity contribution in [3.05, 3.63) is 22.4 Å². The van der Waals surface area contributed by atoms with Gasteiger partial charge in [0.05, 0.1) is 5.69 Å². The molecule has 1 aliphatic heterocycles. The van der Waals surface area contributed by atoms with Crippen LogP contribution in [0.4, 0.5) is 15.8 Å². The summed E-state index contributed by atoms with van der Waals surface area (Å²) in [5, 5.41) is 3.75. The molecule has 0 atom stereocenters. The summed E-state index contributed by atoms with van der Waals surface area (Å²) < 4.78 is 13.6. The maximum atomic E-state index is 12.9. The molecule has 1 aromatic carbocycles. The lowest BCUT2D eigenvalue weighted by atomic mass is 10.3. The summed E-state index contributed by atoms with van der Waals surface area (Å²) in [6.07, 6.45) is 1.35. The van der Waals surface area contributed by atoms with Crippen LogP contribution in [0.15, 0.2) is 21.6 Å². The monoisotopic (exact) mass is 213 g/mol. The number of nitrogens with zero attached hydrogens (tertiary/aromatic N) is 2. The predicted octanol–water partition coefficient (Wildman–Crippen LogP) is 2.50. The number of fused-ring (bicyclic) bond motifs is 1. The van der Waals surface area contributed by atoms with Crippen molar-refractivity contribution in [2.45, 2.75) is 0 Å². The van der Waals surface area contributed by atoms with Crippen LogP contribution in [-0.2, 0) is 0 Å². The van der Waals surface area contributed by atoms with Crippen LogP contribution in [0.5, 0.6) is 0 Å². The van der Waals surface area contributed by atoms with E-state index in [4.69, 9.17) is 0 Å². The first-order chi connectivity index (χ1) is 5.27. The smallest absolute Gasteiger partial charge is 0.152 e. The maximum absolute atomic E-state index is 12.9. The van der Waals surface area contributed by atoms with E-state index >= 15 is 0 Å². The van der Waals surface area contributed by atoms with E-state index < -0.39 is 0 Å². The molecule has 11 heavy (non-hydrogen) atoms. The van der Waals surface area contributed by atoms with Crippen LogP contribution in [-0.4, -0.2) is 6.34 Å². The van der Waals surface area contributed by atoms with Crippen molar-refractivity contribution in [2.24, 2.45) is 4.99 Å². The molecule has 0 fully saturated rings. The van der Waals surface area contributed by atoms with E-state index in [1.165, 1.54) is 12.4 Å². The molecule has 0 aromatic heterocycles. The Labute approximate surface area is 71.3 Å². The largest absolute Gasteiger partial charge is 0.235 e. The summed E-state index contributed by atoms with van der Waals surface area (Å²) in [6, 6.07) is 3.10. The highest BCUT2D eigenvalue weighted by Crippen LogP contribution is 2.33. The van der Waals surface area contributed by atoms with Crippen molar-refractivity contribution in [3.8, 4) is 0 Å². The third kappa shape index (κ3) is 1.03. The molecule has 1 aliphatic rings. The molecule has 2 nitrogen and oxygen atoms in total. The molecule has 0 saturated carbocycles. The van der Waals surface area contributed by atoms with Crippen molar-refractivity contribution in [3.63, 3.8) is 0 Å². The highest BCUT2D eigenvalue weighted by Gasteiger charge is 2.13. The highest BCUT2D eigenvalue weighted by molar-refractivity contribution is 9.10. The van der Waals surface area contributed by atoms with Crippen molar-refractivity contribution < 1.29 is 4.39 Å². The van der Waals surface area contributed by atoms with Gasteiger partial charge in [0.25, 0.3) is 0 Å². The minimum atomic E-state index is -0.341. The Morgan fingerprint density at radius 1 is 1.36 bits per heavy atom. The Morgan fingerprint density at radius 3 is 3.00 bits per heavy atom. The molecule has 1 aromatic rings. The van der Waals surface area contributed by atoms with Gasteiger partial charge in [0.1, 0.15) is 12.0 Å².